The van der Waals surface area contributed by atoms with Gasteiger partial charge in [-0.3, -0.25) is 8.98 Å². The summed E-state index contributed by atoms with van der Waals surface area (Å²) in [5, 5.41) is -0.234. The standard InChI is InChI=1S/C11H16O4S/c1-3-15-16(13)10-8-5-4-7(6-8)9(10)11(12)14-2/h4-5,7-10H,3,6H2,1-2H3/t7-,8+,9?,10+,16+/m0/s1. The quantitative estimate of drug-likeness (QED) is 0.548. The number of carbonyl (C=O) groups excluding carboxylic acids is 1. The fourth-order valence-electron chi connectivity index (χ4n) is 2.68. The minimum atomic E-state index is -1.40. The maximum absolute atomic E-state index is 11.9. The van der Waals surface area contributed by atoms with Crippen molar-refractivity contribution >= 4 is 17.0 Å². The topological polar surface area (TPSA) is 52.6 Å². The molecule has 5 atom stereocenters. The fraction of sp³-hybridized carbons (Fsp3) is 0.727. The number of carbonyl (C=O) groups is 1. The summed E-state index contributed by atoms with van der Waals surface area (Å²) in [6.45, 7) is 2.20. The van der Waals surface area contributed by atoms with E-state index in [0.29, 0.717) is 6.61 Å². The molecule has 0 heterocycles. The molecular formula is C11H16O4S. The Bertz CT molecular complexity index is 339. The van der Waals surface area contributed by atoms with Crippen LogP contribution in [0.1, 0.15) is 13.3 Å². The number of fused-ring (bicyclic) bond motifs is 2. The van der Waals surface area contributed by atoms with Crippen molar-refractivity contribution in [2.75, 3.05) is 13.7 Å². The van der Waals surface area contributed by atoms with Crippen LogP contribution in [-0.4, -0.2) is 29.1 Å². The van der Waals surface area contributed by atoms with Crippen molar-refractivity contribution in [2.24, 2.45) is 17.8 Å². The summed E-state index contributed by atoms with van der Waals surface area (Å²) in [4.78, 5) is 11.7. The molecule has 0 aromatic carbocycles. The van der Waals surface area contributed by atoms with Crippen molar-refractivity contribution < 1.29 is 17.9 Å². The second-order valence-electron chi connectivity index (χ2n) is 4.13. The maximum atomic E-state index is 11.9. The molecule has 0 amide bonds. The van der Waals surface area contributed by atoms with E-state index in [4.69, 9.17) is 8.92 Å². The van der Waals surface area contributed by atoms with E-state index in [2.05, 4.69) is 0 Å². The lowest BCUT2D eigenvalue weighted by Crippen LogP contribution is -2.36. The van der Waals surface area contributed by atoms with Crippen molar-refractivity contribution in [3.05, 3.63) is 12.2 Å². The third-order valence-electron chi connectivity index (χ3n) is 3.32. The Kier molecular flexibility index (Phi) is 3.44. The van der Waals surface area contributed by atoms with Gasteiger partial charge in [-0.25, -0.2) is 4.21 Å². The van der Waals surface area contributed by atoms with Crippen LogP contribution in [0.3, 0.4) is 0 Å². The average molecular weight is 244 g/mol. The first-order valence-corrected chi connectivity index (χ1v) is 6.62. The van der Waals surface area contributed by atoms with Gasteiger partial charge in [-0.05, 0) is 25.2 Å². The highest BCUT2D eigenvalue weighted by Crippen LogP contribution is 2.46. The Hall–Kier alpha value is -0.680. The molecule has 1 unspecified atom stereocenters. The van der Waals surface area contributed by atoms with Gasteiger partial charge in [-0.2, -0.15) is 0 Å². The normalized spacial score (nSPS) is 37.6. The first-order valence-electron chi connectivity index (χ1n) is 5.49. The zero-order valence-electron chi connectivity index (χ0n) is 9.42. The van der Waals surface area contributed by atoms with Gasteiger partial charge in [-0.15, -0.1) is 0 Å². The predicted octanol–water partition coefficient (Wildman–Crippen LogP) is 1.05. The predicted molar refractivity (Wildman–Crippen MR) is 59.8 cm³/mol. The summed E-state index contributed by atoms with van der Waals surface area (Å²) >= 11 is -1.40. The van der Waals surface area contributed by atoms with Gasteiger partial charge in [0.2, 0.25) is 0 Å². The monoisotopic (exact) mass is 244 g/mol. The molecule has 0 aliphatic heterocycles. The van der Waals surface area contributed by atoms with Gasteiger partial charge in [0, 0.05) is 0 Å². The molecule has 0 aromatic heterocycles. The Labute approximate surface area is 97.7 Å². The smallest absolute Gasteiger partial charge is 0.310 e. The maximum Gasteiger partial charge on any atom is 0.310 e. The molecule has 4 nitrogen and oxygen atoms in total. The third kappa shape index (κ3) is 1.82. The summed E-state index contributed by atoms with van der Waals surface area (Å²) in [7, 11) is 1.37. The highest BCUT2D eigenvalue weighted by molar-refractivity contribution is 7.81. The summed E-state index contributed by atoms with van der Waals surface area (Å²) in [5.74, 6) is -0.198. The van der Waals surface area contributed by atoms with Gasteiger partial charge in [0.1, 0.15) is 0 Å². The van der Waals surface area contributed by atoms with E-state index in [9.17, 15) is 9.00 Å². The number of hydrogen-bond donors (Lipinski definition) is 0. The fourth-order valence-corrected chi connectivity index (χ4v) is 4.11. The summed E-state index contributed by atoms with van der Waals surface area (Å²) in [6, 6.07) is 0. The Morgan fingerprint density at radius 1 is 1.44 bits per heavy atom. The van der Waals surface area contributed by atoms with Crippen LogP contribution in [0.4, 0.5) is 0 Å². The number of methoxy groups -OCH3 is 1. The van der Waals surface area contributed by atoms with Crippen molar-refractivity contribution in [3.8, 4) is 0 Å². The van der Waals surface area contributed by atoms with Crippen LogP contribution in [0.5, 0.6) is 0 Å². The average Bonchev–Trinajstić information content (AvgIpc) is 2.87. The van der Waals surface area contributed by atoms with Crippen molar-refractivity contribution in [1.82, 2.24) is 0 Å². The van der Waals surface area contributed by atoms with Crippen LogP contribution in [0.15, 0.2) is 12.2 Å². The van der Waals surface area contributed by atoms with Crippen LogP contribution < -0.4 is 0 Å². The molecule has 16 heavy (non-hydrogen) atoms. The van der Waals surface area contributed by atoms with Gasteiger partial charge in [0.05, 0.1) is 24.9 Å². The zero-order chi connectivity index (χ0) is 11.7. The molecule has 1 saturated carbocycles. The number of rotatable bonds is 4. The Morgan fingerprint density at radius 3 is 2.75 bits per heavy atom. The number of hydrogen-bond acceptors (Lipinski definition) is 4. The van der Waals surface area contributed by atoms with Gasteiger partial charge in [-0.1, -0.05) is 12.2 Å². The highest BCUT2D eigenvalue weighted by Gasteiger charge is 2.52. The molecule has 5 heteroatoms. The second-order valence-corrected chi connectivity index (χ2v) is 5.43. The summed E-state index contributed by atoms with van der Waals surface area (Å²) in [6.07, 6.45) is 4.97. The van der Waals surface area contributed by atoms with Crippen LogP contribution in [0.25, 0.3) is 0 Å². The lowest BCUT2D eigenvalue weighted by Gasteiger charge is -2.24. The molecule has 1 fully saturated rings. The number of esters is 1. The molecule has 0 radical (unpaired) electrons. The second kappa shape index (κ2) is 4.67. The molecule has 0 saturated heterocycles. The van der Waals surface area contributed by atoms with E-state index >= 15 is 0 Å². The van der Waals surface area contributed by atoms with E-state index in [1.54, 1.807) is 6.92 Å². The molecule has 2 rings (SSSR count). The van der Waals surface area contributed by atoms with Gasteiger partial charge >= 0.3 is 5.97 Å². The van der Waals surface area contributed by atoms with E-state index in [-0.39, 0.29) is 29.0 Å². The highest BCUT2D eigenvalue weighted by atomic mass is 32.2. The summed E-state index contributed by atoms with van der Waals surface area (Å²) in [5.41, 5.74) is 0. The SMILES string of the molecule is CCO[S@@](=O)[C@H]1C(C(=O)OC)[C@H]2C=C[C@@H]1C2. The molecule has 90 valence electrons. The molecule has 0 N–H and O–H groups in total. The van der Waals surface area contributed by atoms with Gasteiger partial charge in [0.15, 0.2) is 11.1 Å². The number of allylic oxidation sites excluding steroid dienone is 2. The zero-order valence-corrected chi connectivity index (χ0v) is 10.2. The Balaban J connectivity index is 2.18. The van der Waals surface area contributed by atoms with Crippen LogP contribution in [0, 0.1) is 17.8 Å². The minimum absolute atomic E-state index is 0.173. The molecular weight excluding hydrogens is 228 g/mol. The van der Waals surface area contributed by atoms with E-state index in [1.807, 2.05) is 12.2 Å². The van der Waals surface area contributed by atoms with Crippen LogP contribution in [0.2, 0.25) is 0 Å². The molecule has 0 spiro atoms. The minimum Gasteiger partial charge on any atom is -0.469 e. The Morgan fingerprint density at radius 2 is 2.12 bits per heavy atom. The largest absolute Gasteiger partial charge is 0.469 e. The van der Waals surface area contributed by atoms with Gasteiger partial charge < -0.3 is 4.74 Å². The van der Waals surface area contributed by atoms with Gasteiger partial charge in [0.25, 0.3) is 0 Å². The first kappa shape index (κ1) is 11.8. The van der Waals surface area contributed by atoms with Crippen molar-refractivity contribution in [3.63, 3.8) is 0 Å². The summed E-state index contributed by atoms with van der Waals surface area (Å²) < 4.78 is 21.8. The lowest BCUT2D eigenvalue weighted by atomic mass is 9.93. The van der Waals surface area contributed by atoms with E-state index < -0.39 is 11.1 Å². The molecule has 2 bridgehead atoms. The number of ether oxygens (including phenoxy) is 1. The molecule has 2 aliphatic carbocycles. The lowest BCUT2D eigenvalue weighted by molar-refractivity contribution is -0.146. The molecule has 0 aromatic rings. The van der Waals surface area contributed by atoms with Crippen LogP contribution >= 0.6 is 0 Å². The van der Waals surface area contributed by atoms with Crippen molar-refractivity contribution in [2.45, 2.75) is 18.6 Å². The van der Waals surface area contributed by atoms with E-state index in [0.717, 1.165) is 6.42 Å². The molecule has 2 aliphatic rings. The van der Waals surface area contributed by atoms with E-state index in [1.165, 1.54) is 7.11 Å². The van der Waals surface area contributed by atoms with Crippen LogP contribution in [-0.2, 0) is 24.8 Å². The third-order valence-corrected chi connectivity index (χ3v) is 4.87. The van der Waals surface area contributed by atoms with Crippen molar-refractivity contribution in [1.29, 1.82) is 0 Å². The first-order chi connectivity index (χ1) is 7.69.